The van der Waals surface area contributed by atoms with Gasteiger partial charge in [0.1, 0.15) is 5.69 Å². The summed E-state index contributed by atoms with van der Waals surface area (Å²) in [7, 11) is 0. The van der Waals surface area contributed by atoms with Crippen LogP contribution in [0.15, 0.2) is 30.6 Å². The Balaban J connectivity index is 2.46. The van der Waals surface area contributed by atoms with E-state index in [2.05, 4.69) is 5.10 Å². The van der Waals surface area contributed by atoms with Crippen LogP contribution in [0.4, 0.5) is 10.1 Å². The Kier molecular flexibility index (Phi) is 2.32. The molecule has 0 atom stereocenters. The Morgan fingerprint density at radius 1 is 1.50 bits per heavy atom. The molecule has 0 fully saturated rings. The second-order valence-electron chi connectivity index (χ2n) is 3.19. The molecule has 82 valence electrons. The molecule has 5 nitrogen and oxygen atoms in total. The number of aromatic nitrogens is 2. The van der Waals surface area contributed by atoms with Crippen LogP contribution in [0.25, 0.3) is 5.69 Å². The van der Waals surface area contributed by atoms with Gasteiger partial charge in [0.05, 0.1) is 11.8 Å². The first-order valence-corrected chi connectivity index (χ1v) is 4.41. The quantitative estimate of drug-likeness (QED) is 0.749. The minimum absolute atomic E-state index is 0.00350. The highest BCUT2D eigenvalue weighted by Crippen LogP contribution is 2.16. The lowest BCUT2D eigenvalue weighted by molar-refractivity contribution is 0.0697. The average Bonchev–Trinajstić information content (AvgIpc) is 2.66. The molecule has 2 aromatic rings. The molecule has 0 bridgehead atoms. The van der Waals surface area contributed by atoms with Crippen LogP contribution in [0.5, 0.6) is 0 Å². The van der Waals surface area contributed by atoms with Gasteiger partial charge >= 0.3 is 5.97 Å². The van der Waals surface area contributed by atoms with Crippen molar-refractivity contribution >= 4 is 11.7 Å². The number of halogens is 1. The number of rotatable bonds is 2. The van der Waals surface area contributed by atoms with Gasteiger partial charge in [0.2, 0.25) is 0 Å². The molecule has 0 unspecified atom stereocenters. The van der Waals surface area contributed by atoms with Crippen LogP contribution in [0, 0.1) is 5.82 Å². The lowest BCUT2D eigenvalue weighted by Crippen LogP contribution is -1.99. The maximum absolute atomic E-state index is 13.5. The zero-order valence-electron chi connectivity index (χ0n) is 8.09. The Morgan fingerprint density at radius 2 is 2.25 bits per heavy atom. The van der Waals surface area contributed by atoms with Crippen LogP contribution in [-0.2, 0) is 0 Å². The van der Waals surface area contributed by atoms with Crippen LogP contribution in [0.2, 0.25) is 0 Å². The number of hydrogen-bond acceptors (Lipinski definition) is 3. The monoisotopic (exact) mass is 221 g/mol. The SMILES string of the molecule is Nc1ccc(-n2cc(C(=O)O)cn2)c(F)c1. The van der Waals surface area contributed by atoms with E-state index in [0.29, 0.717) is 5.69 Å². The molecule has 0 spiro atoms. The summed E-state index contributed by atoms with van der Waals surface area (Å²) in [6.07, 6.45) is 2.38. The summed E-state index contributed by atoms with van der Waals surface area (Å²) in [6.45, 7) is 0. The van der Waals surface area contributed by atoms with E-state index in [1.54, 1.807) is 0 Å². The molecule has 1 aromatic carbocycles. The fourth-order valence-electron chi connectivity index (χ4n) is 1.27. The van der Waals surface area contributed by atoms with Crippen molar-refractivity contribution in [3.05, 3.63) is 42.0 Å². The number of carboxylic acid groups (broad SMARTS) is 1. The highest BCUT2D eigenvalue weighted by Gasteiger charge is 2.10. The van der Waals surface area contributed by atoms with Crippen LogP contribution in [0.3, 0.4) is 0 Å². The smallest absolute Gasteiger partial charge is 0.338 e. The van der Waals surface area contributed by atoms with Crippen molar-refractivity contribution in [2.45, 2.75) is 0 Å². The van der Waals surface area contributed by atoms with Gasteiger partial charge in [-0.2, -0.15) is 5.10 Å². The third kappa shape index (κ3) is 1.72. The van der Waals surface area contributed by atoms with Gasteiger partial charge in [0.25, 0.3) is 0 Å². The zero-order chi connectivity index (χ0) is 11.7. The molecule has 2 rings (SSSR count). The lowest BCUT2D eigenvalue weighted by atomic mass is 10.2. The third-order valence-corrected chi connectivity index (χ3v) is 2.05. The molecule has 1 aromatic heterocycles. The maximum atomic E-state index is 13.5. The predicted molar refractivity (Wildman–Crippen MR) is 54.9 cm³/mol. The molecule has 0 aliphatic carbocycles. The van der Waals surface area contributed by atoms with E-state index in [-0.39, 0.29) is 11.3 Å². The molecule has 0 saturated carbocycles. The van der Waals surface area contributed by atoms with Crippen molar-refractivity contribution in [3.8, 4) is 5.69 Å². The summed E-state index contributed by atoms with van der Waals surface area (Å²) in [5.41, 5.74) is 5.84. The first kappa shape index (κ1) is 10.2. The summed E-state index contributed by atoms with van der Waals surface area (Å²) in [6, 6.07) is 4.10. The van der Waals surface area contributed by atoms with E-state index in [0.717, 1.165) is 16.9 Å². The van der Waals surface area contributed by atoms with E-state index in [1.807, 2.05) is 0 Å². The minimum atomic E-state index is -1.11. The summed E-state index contributed by atoms with van der Waals surface area (Å²) in [5, 5.41) is 12.4. The maximum Gasteiger partial charge on any atom is 0.338 e. The topological polar surface area (TPSA) is 81.1 Å². The molecule has 0 saturated heterocycles. The second kappa shape index (κ2) is 3.65. The van der Waals surface area contributed by atoms with Gasteiger partial charge in [-0.05, 0) is 18.2 Å². The second-order valence-corrected chi connectivity index (χ2v) is 3.19. The zero-order valence-corrected chi connectivity index (χ0v) is 8.09. The summed E-state index contributed by atoms with van der Waals surface area (Å²) in [4.78, 5) is 10.6. The van der Waals surface area contributed by atoms with E-state index < -0.39 is 11.8 Å². The van der Waals surface area contributed by atoms with Crippen LogP contribution in [0.1, 0.15) is 10.4 Å². The molecule has 0 aliphatic heterocycles. The normalized spacial score (nSPS) is 10.3. The van der Waals surface area contributed by atoms with Gasteiger partial charge in [-0.15, -0.1) is 0 Å². The van der Waals surface area contributed by atoms with E-state index >= 15 is 0 Å². The van der Waals surface area contributed by atoms with E-state index in [9.17, 15) is 9.18 Å². The molecule has 3 N–H and O–H groups in total. The Hall–Kier alpha value is -2.37. The number of nitrogens with two attached hydrogens (primary N) is 1. The van der Waals surface area contributed by atoms with Crippen molar-refractivity contribution in [1.29, 1.82) is 0 Å². The van der Waals surface area contributed by atoms with Crippen LogP contribution >= 0.6 is 0 Å². The number of carboxylic acids is 1. The van der Waals surface area contributed by atoms with Gasteiger partial charge in [0.15, 0.2) is 5.82 Å². The van der Waals surface area contributed by atoms with Gasteiger partial charge in [-0.3, -0.25) is 0 Å². The predicted octanol–water partition coefficient (Wildman–Crippen LogP) is 1.29. The minimum Gasteiger partial charge on any atom is -0.478 e. The van der Waals surface area contributed by atoms with Crippen molar-refractivity contribution in [2.75, 3.05) is 5.73 Å². The molecule has 1 heterocycles. The Morgan fingerprint density at radius 3 is 2.81 bits per heavy atom. The molecule has 0 aliphatic rings. The van der Waals surface area contributed by atoms with E-state index in [1.165, 1.54) is 18.3 Å². The molecule has 0 radical (unpaired) electrons. The average molecular weight is 221 g/mol. The Bertz CT molecular complexity index is 551. The number of benzene rings is 1. The third-order valence-electron chi connectivity index (χ3n) is 2.05. The molecule has 6 heteroatoms. The van der Waals surface area contributed by atoms with E-state index in [4.69, 9.17) is 10.8 Å². The summed E-state index contributed by atoms with van der Waals surface area (Å²) >= 11 is 0. The molecular formula is C10H8FN3O2. The standard InChI is InChI=1S/C10H8FN3O2/c11-8-3-7(12)1-2-9(8)14-5-6(4-13-14)10(15)16/h1-5H,12H2,(H,15,16). The fourth-order valence-corrected chi connectivity index (χ4v) is 1.27. The first-order valence-electron chi connectivity index (χ1n) is 4.41. The number of aromatic carboxylic acids is 1. The van der Waals surface area contributed by atoms with Crippen molar-refractivity contribution in [2.24, 2.45) is 0 Å². The van der Waals surface area contributed by atoms with Crippen molar-refractivity contribution in [3.63, 3.8) is 0 Å². The number of anilines is 1. The number of carbonyl (C=O) groups is 1. The largest absolute Gasteiger partial charge is 0.478 e. The Labute approximate surface area is 89.9 Å². The number of nitrogens with zero attached hydrogens (tertiary/aromatic N) is 2. The van der Waals surface area contributed by atoms with Gasteiger partial charge in [-0.1, -0.05) is 0 Å². The first-order chi connectivity index (χ1) is 7.58. The summed E-state index contributed by atoms with van der Waals surface area (Å²) in [5.74, 6) is -1.66. The van der Waals surface area contributed by atoms with Crippen LogP contribution in [-0.4, -0.2) is 20.9 Å². The van der Waals surface area contributed by atoms with Gasteiger partial charge in [0, 0.05) is 11.9 Å². The van der Waals surface area contributed by atoms with Gasteiger partial charge in [-0.25, -0.2) is 13.9 Å². The molecule has 0 amide bonds. The molecular weight excluding hydrogens is 213 g/mol. The van der Waals surface area contributed by atoms with Crippen LogP contribution < -0.4 is 5.73 Å². The van der Waals surface area contributed by atoms with Gasteiger partial charge < -0.3 is 10.8 Å². The highest BCUT2D eigenvalue weighted by molar-refractivity contribution is 5.86. The summed E-state index contributed by atoms with van der Waals surface area (Å²) < 4.78 is 14.6. The molecule has 16 heavy (non-hydrogen) atoms. The van der Waals surface area contributed by atoms with Crippen molar-refractivity contribution in [1.82, 2.24) is 9.78 Å². The lowest BCUT2D eigenvalue weighted by Gasteiger charge is -2.03. The number of hydrogen-bond donors (Lipinski definition) is 2. The number of nitrogen functional groups attached to an aromatic ring is 1. The fraction of sp³-hybridized carbons (Fsp3) is 0. The van der Waals surface area contributed by atoms with Crippen molar-refractivity contribution < 1.29 is 14.3 Å². The highest BCUT2D eigenvalue weighted by atomic mass is 19.1.